The standard InChI is InChI=1S/C23H23N3O4S/c1-15(13-28-2)26-22(27)19-6-4-5-7-20(19)24-23(26)31-14-18-12-21(25-30-18)16-8-10-17(29-3)11-9-16/h4-12,15H,13-14H2,1-3H3/t15-/m0/s1. The van der Waals surface area contributed by atoms with Crippen LogP contribution in [0.25, 0.3) is 22.2 Å². The van der Waals surface area contributed by atoms with Crippen LogP contribution >= 0.6 is 11.8 Å². The summed E-state index contributed by atoms with van der Waals surface area (Å²) in [6.45, 7) is 2.36. The molecule has 4 aromatic rings. The Morgan fingerprint density at radius 1 is 1.13 bits per heavy atom. The molecule has 2 heterocycles. The molecule has 2 aromatic carbocycles. The fourth-order valence-corrected chi connectivity index (χ4v) is 4.32. The lowest BCUT2D eigenvalue weighted by Gasteiger charge is -2.18. The highest BCUT2D eigenvalue weighted by molar-refractivity contribution is 7.98. The number of ether oxygens (including phenoxy) is 2. The molecule has 0 bridgehead atoms. The van der Waals surface area contributed by atoms with Gasteiger partial charge < -0.3 is 14.0 Å². The van der Waals surface area contributed by atoms with E-state index in [0.717, 1.165) is 17.0 Å². The molecule has 0 fully saturated rings. The monoisotopic (exact) mass is 437 g/mol. The van der Waals surface area contributed by atoms with Crippen LogP contribution in [-0.2, 0) is 10.5 Å². The van der Waals surface area contributed by atoms with Gasteiger partial charge in [0.2, 0.25) is 0 Å². The van der Waals surface area contributed by atoms with E-state index in [9.17, 15) is 4.79 Å². The lowest BCUT2D eigenvalue weighted by molar-refractivity contribution is 0.156. The Kier molecular flexibility index (Phi) is 6.39. The van der Waals surface area contributed by atoms with E-state index in [1.807, 2.05) is 55.5 Å². The van der Waals surface area contributed by atoms with E-state index in [1.54, 1.807) is 24.9 Å². The summed E-state index contributed by atoms with van der Waals surface area (Å²) in [7, 11) is 3.26. The van der Waals surface area contributed by atoms with Crippen molar-refractivity contribution in [3.8, 4) is 17.0 Å². The van der Waals surface area contributed by atoms with Crippen LogP contribution in [0.15, 0.2) is 69.1 Å². The van der Waals surface area contributed by atoms with Gasteiger partial charge in [0.15, 0.2) is 5.16 Å². The van der Waals surface area contributed by atoms with Crippen molar-refractivity contribution in [2.24, 2.45) is 0 Å². The molecule has 0 unspecified atom stereocenters. The average Bonchev–Trinajstić information content (AvgIpc) is 3.27. The van der Waals surface area contributed by atoms with Gasteiger partial charge in [0.05, 0.1) is 36.4 Å². The molecular weight excluding hydrogens is 414 g/mol. The molecule has 0 aliphatic heterocycles. The van der Waals surface area contributed by atoms with Gasteiger partial charge in [-0.25, -0.2) is 4.98 Å². The van der Waals surface area contributed by atoms with Crippen molar-refractivity contribution in [2.45, 2.75) is 23.9 Å². The molecule has 4 rings (SSSR count). The SMILES string of the molecule is COC[C@H](C)n1c(SCc2cc(-c3ccc(OC)cc3)no2)nc2ccccc2c1=O. The summed E-state index contributed by atoms with van der Waals surface area (Å²) in [6.07, 6.45) is 0. The van der Waals surface area contributed by atoms with Crippen molar-refractivity contribution in [3.05, 3.63) is 70.7 Å². The van der Waals surface area contributed by atoms with Crippen LogP contribution in [0.3, 0.4) is 0 Å². The maximum atomic E-state index is 13.1. The molecule has 0 aliphatic rings. The van der Waals surface area contributed by atoms with Crippen LogP contribution in [0.5, 0.6) is 5.75 Å². The summed E-state index contributed by atoms with van der Waals surface area (Å²) in [5.41, 5.74) is 2.28. The van der Waals surface area contributed by atoms with Crippen molar-refractivity contribution in [1.82, 2.24) is 14.7 Å². The van der Waals surface area contributed by atoms with Gasteiger partial charge in [-0.2, -0.15) is 0 Å². The van der Waals surface area contributed by atoms with Crippen LogP contribution in [0.2, 0.25) is 0 Å². The number of aromatic nitrogens is 3. The van der Waals surface area contributed by atoms with Gasteiger partial charge in [0.1, 0.15) is 17.2 Å². The van der Waals surface area contributed by atoms with Crippen molar-refractivity contribution >= 4 is 22.7 Å². The molecule has 7 nitrogen and oxygen atoms in total. The smallest absolute Gasteiger partial charge is 0.262 e. The van der Waals surface area contributed by atoms with Crippen LogP contribution in [0.1, 0.15) is 18.7 Å². The van der Waals surface area contributed by atoms with E-state index < -0.39 is 0 Å². The van der Waals surface area contributed by atoms with Gasteiger partial charge >= 0.3 is 0 Å². The minimum atomic E-state index is -0.151. The first kappa shape index (κ1) is 21.1. The van der Waals surface area contributed by atoms with E-state index in [4.69, 9.17) is 19.0 Å². The van der Waals surface area contributed by atoms with E-state index in [0.29, 0.717) is 34.2 Å². The summed E-state index contributed by atoms with van der Waals surface area (Å²) in [4.78, 5) is 17.9. The third kappa shape index (κ3) is 4.50. The van der Waals surface area contributed by atoms with E-state index >= 15 is 0 Å². The Bertz CT molecular complexity index is 1230. The molecule has 0 amide bonds. The number of nitrogens with zero attached hydrogens (tertiary/aromatic N) is 3. The van der Waals surface area contributed by atoms with Gasteiger partial charge in [0.25, 0.3) is 5.56 Å². The second-order valence-electron chi connectivity index (χ2n) is 7.09. The predicted octanol–water partition coefficient (Wildman–Crippen LogP) is 4.56. The number of benzene rings is 2. The Morgan fingerprint density at radius 2 is 1.90 bits per heavy atom. The van der Waals surface area contributed by atoms with E-state index in [1.165, 1.54) is 11.8 Å². The average molecular weight is 438 g/mol. The number of hydrogen-bond donors (Lipinski definition) is 0. The fraction of sp³-hybridized carbons (Fsp3) is 0.261. The second-order valence-corrected chi connectivity index (χ2v) is 8.03. The first-order valence-corrected chi connectivity index (χ1v) is 10.8. The summed E-state index contributed by atoms with van der Waals surface area (Å²) < 4.78 is 17.7. The van der Waals surface area contributed by atoms with Crippen molar-refractivity contribution in [1.29, 1.82) is 0 Å². The number of fused-ring (bicyclic) bond motifs is 1. The van der Waals surface area contributed by atoms with Crippen LogP contribution in [0.4, 0.5) is 0 Å². The zero-order chi connectivity index (χ0) is 21.8. The van der Waals surface area contributed by atoms with Crippen LogP contribution < -0.4 is 10.3 Å². The third-order valence-electron chi connectivity index (χ3n) is 4.91. The molecule has 31 heavy (non-hydrogen) atoms. The van der Waals surface area contributed by atoms with E-state index in [2.05, 4.69) is 5.16 Å². The molecule has 1 atom stereocenters. The molecule has 8 heteroatoms. The summed E-state index contributed by atoms with van der Waals surface area (Å²) in [5.74, 6) is 1.98. The summed E-state index contributed by atoms with van der Waals surface area (Å²) in [5, 5.41) is 5.39. The first-order valence-electron chi connectivity index (χ1n) is 9.83. The topological polar surface area (TPSA) is 79.4 Å². The fourth-order valence-electron chi connectivity index (χ4n) is 3.35. The number of rotatable bonds is 8. The molecule has 0 N–H and O–H groups in total. The quantitative estimate of drug-likeness (QED) is 0.295. The lowest BCUT2D eigenvalue weighted by atomic mass is 10.1. The highest BCUT2D eigenvalue weighted by Gasteiger charge is 2.17. The van der Waals surface area contributed by atoms with Crippen molar-refractivity contribution < 1.29 is 14.0 Å². The highest BCUT2D eigenvalue weighted by Crippen LogP contribution is 2.27. The molecule has 160 valence electrons. The number of hydrogen-bond acceptors (Lipinski definition) is 7. The number of thioether (sulfide) groups is 1. The minimum absolute atomic E-state index is 0.0749. The van der Waals surface area contributed by atoms with Crippen molar-refractivity contribution in [2.75, 3.05) is 20.8 Å². The van der Waals surface area contributed by atoms with Gasteiger partial charge in [-0.1, -0.05) is 29.1 Å². The zero-order valence-corrected chi connectivity index (χ0v) is 18.4. The molecule has 0 spiro atoms. The van der Waals surface area contributed by atoms with Crippen LogP contribution in [0, 0.1) is 0 Å². The van der Waals surface area contributed by atoms with Gasteiger partial charge in [-0.05, 0) is 43.3 Å². The largest absolute Gasteiger partial charge is 0.497 e. The normalized spacial score (nSPS) is 12.2. The Labute approximate surface area is 184 Å². The second kappa shape index (κ2) is 9.36. The van der Waals surface area contributed by atoms with Gasteiger partial charge in [0, 0.05) is 18.7 Å². The highest BCUT2D eigenvalue weighted by atomic mass is 32.2. The Hall–Kier alpha value is -3.10. The van der Waals surface area contributed by atoms with E-state index in [-0.39, 0.29) is 11.6 Å². The zero-order valence-electron chi connectivity index (χ0n) is 17.6. The lowest BCUT2D eigenvalue weighted by Crippen LogP contribution is -2.28. The predicted molar refractivity (Wildman–Crippen MR) is 121 cm³/mol. The molecule has 0 aliphatic carbocycles. The number of para-hydroxylation sites is 1. The van der Waals surface area contributed by atoms with Crippen molar-refractivity contribution in [3.63, 3.8) is 0 Å². The first-order chi connectivity index (χ1) is 15.1. The molecule has 0 saturated heterocycles. The molecule has 0 saturated carbocycles. The third-order valence-corrected chi connectivity index (χ3v) is 5.89. The number of methoxy groups -OCH3 is 2. The minimum Gasteiger partial charge on any atom is -0.497 e. The molecule has 0 radical (unpaired) electrons. The maximum Gasteiger partial charge on any atom is 0.262 e. The Morgan fingerprint density at radius 3 is 2.65 bits per heavy atom. The maximum absolute atomic E-state index is 13.1. The Balaban J connectivity index is 1.60. The summed E-state index contributed by atoms with van der Waals surface area (Å²) >= 11 is 1.44. The van der Waals surface area contributed by atoms with Gasteiger partial charge in [-0.15, -0.1) is 0 Å². The summed E-state index contributed by atoms with van der Waals surface area (Å²) in [6, 6.07) is 16.8. The molecular formula is C23H23N3O4S. The van der Waals surface area contributed by atoms with Gasteiger partial charge in [-0.3, -0.25) is 9.36 Å². The molecule has 2 aromatic heterocycles. The van der Waals surface area contributed by atoms with Crippen LogP contribution in [-0.4, -0.2) is 35.5 Å².